The first kappa shape index (κ1) is 15.6. The number of hydrogen-bond acceptors (Lipinski definition) is 3. The van der Waals surface area contributed by atoms with Gasteiger partial charge in [-0.1, -0.05) is 23.7 Å². The van der Waals surface area contributed by atoms with Gasteiger partial charge in [0.25, 0.3) is 0 Å². The minimum absolute atomic E-state index is 0.138. The Balaban J connectivity index is 2.94. The highest BCUT2D eigenvalue weighted by molar-refractivity contribution is 6.30. The van der Waals surface area contributed by atoms with Crippen LogP contribution in [0.25, 0.3) is 6.08 Å². The van der Waals surface area contributed by atoms with Gasteiger partial charge in [-0.05, 0) is 44.8 Å². The van der Waals surface area contributed by atoms with E-state index in [1.165, 1.54) is 6.92 Å². The quantitative estimate of drug-likeness (QED) is 0.456. The predicted octanol–water partition coefficient (Wildman–Crippen LogP) is 2.83. The fraction of sp³-hybridized carbons (Fsp3) is 0.333. The van der Waals surface area contributed by atoms with Crippen LogP contribution in [0.2, 0.25) is 5.02 Å². The summed E-state index contributed by atoms with van der Waals surface area (Å²) in [6.45, 7) is 2.03. The molecule has 0 aliphatic heterocycles. The lowest BCUT2D eigenvalue weighted by atomic mass is 10.0. The average molecular weight is 280 g/mol. The van der Waals surface area contributed by atoms with Gasteiger partial charge < -0.3 is 4.90 Å². The molecule has 0 amide bonds. The summed E-state index contributed by atoms with van der Waals surface area (Å²) in [7, 11) is 3.78. The third-order valence-electron chi connectivity index (χ3n) is 2.63. The number of benzene rings is 1. The summed E-state index contributed by atoms with van der Waals surface area (Å²) in [4.78, 5) is 25.5. The Labute approximate surface area is 118 Å². The second-order valence-corrected chi connectivity index (χ2v) is 5.08. The molecule has 0 aliphatic carbocycles. The van der Waals surface area contributed by atoms with E-state index in [9.17, 15) is 9.59 Å². The van der Waals surface area contributed by atoms with Gasteiger partial charge in [-0.25, -0.2) is 0 Å². The molecule has 0 N–H and O–H groups in total. The highest BCUT2D eigenvalue weighted by Gasteiger charge is 2.14. The molecule has 1 rings (SSSR count). The summed E-state index contributed by atoms with van der Waals surface area (Å²) >= 11 is 5.88. The molecular formula is C15H18ClNO2. The van der Waals surface area contributed by atoms with Crippen LogP contribution in [0.5, 0.6) is 0 Å². The van der Waals surface area contributed by atoms with Crippen molar-refractivity contribution in [2.45, 2.75) is 13.3 Å². The Morgan fingerprint density at radius 1 is 1.32 bits per heavy atom. The number of rotatable bonds is 6. The van der Waals surface area contributed by atoms with Gasteiger partial charge in [-0.15, -0.1) is 0 Å². The van der Waals surface area contributed by atoms with Gasteiger partial charge in [0, 0.05) is 18.0 Å². The molecule has 19 heavy (non-hydrogen) atoms. The van der Waals surface area contributed by atoms with Crippen molar-refractivity contribution in [2.24, 2.45) is 0 Å². The molecule has 1 aromatic carbocycles. The van der Waals surface area contributed by atoms with E-state index >= 15 is 0 Å². The molecule has 0 saturated carbocycles. The second-order valence-electron chi connectivity index (χ2n) is 4.65. The lowest BCUT2D eigenvalue weighted by molar-refractivity contribution is -0.120. The minimum atomic E-state index is -0.219. The fourth-order valence-corrected chi connectivity index (χ4v) is 1.80. The largest absolute Gasteiger partial charge is 0.309 e. The molecule has 0 aromatic heterocycles. The number of ketones is 2. The monoisotopic (exact) mass is 279 g/mol. The number of Topliss-reactive ketones (excluding diaryl/α,β-unsaturated/α-hetero) is 2. The smallest absolute Gasteiger partial charge is 0.167 e. The number of carbonyl (C=O) groups is 2. The van der Waals surface area contributed by atoms with E-state index in [4.69, 9.17) is 11.6 Å². The summed E-state index contributed by atoms with van der Waals surface area (Å²) in [6.07, 6.45) is 1.94. The van der Waals surface area contributed by atoms with E-state index in [0.29, 0.717) is 18.0 Å². The average Bonchev–Trinajstić information content (AvgIpc) is 2.32. The van der Waals surface area contributed by atoms with Crippen molar-refractivity contribution in [3.63, 3.8) is 0 Å². The lowest BCUT2D eigenvalue weighted by Crippen LogP contribution is -2.19. The zero-order chi connectivity index (χ0) is 14.4. The zero-order valence-electron chi connectivity index (χ0n) is 11.4. The van der Waals surface area contributed by atoms with Crippen LogP contribution in [-0.2, 0) is 9.59 Å². The number of nitrogens with zero attached hydrogens (tertiary/aromatic N) is 1. The van der Waals surface area contributed by atoms with Crippen molar-refractivity contribution >= 4 is 29.2 Å². The molecule has 0 atom stereocenters. The first-order valence-corrected chi connectivity index (χ1v) is 6.44. The second kappa shape index (κ2) is 7.22. The first-order chi connectivity index (χ1) is 8.90. The number of carbonyl (C=O) groups excluding carboxylic acids is 2. The van der Waals surface area contributed by atoms with E-state index < -0.39 is 0 Å². The van der Waals surface area contributed by atoms with Crippen LogP contribution in [0.3, 0.4) is 0 Å². The Bertz CT molecular complexity index is 507. The van der Waals surface area contributed by atoms with Gasteiger partial charge in [0.2, 0.25) is 0 Å². The number of halogens is 1. The highest BCUT2D eigenvalue weighted by atomic mass is 35.5. The molecule has 1 aromatic rings. The number of hydrogen-bond donors (Lipinski definition) is 0. The maximum Gasteiger partial charge on any atom is 0.167 e. The van der Waals surface area contributed by atoms with E-state index in [1.54, 1.807) is 24.3 Å². The van der Waals surface area contributed by atoms with E-state index in [2.05, 4.69) is 0 Å². The molecular weight excluding hydrogens is 262 g/mol. The summed E-state index contributed by atoms with van der Waals surface area (Å²) in [5.74, 6) is -0.357. The molecule has 0 radical (unpaired) electrons. The lowest BCUT2D eigenvalue weighted by Gasteiger charge is -2.09. The SMILES string of the molecule is CC(=O)/C(=C\c1cccc(Cl)c1)C(=O)CCN(C)C. The molecule has 0 fully saturated rings. The molecule has 0 saturated heterocycles. The first-order valence-electron chi connectivity index (χ1n) is 6.06. The molecule has 0 bridgehead atoms. The third kappa shape index (κ3) is 5.37. The van der Waals surface area contributed by atoms with Crippen LogP contribution < -0.4 is 0 Å². The van der Waals surface area contributed by atoms with Gasteiger partial charge >= 0.3 is 0 Å². The van der Waals surface area contributed by atoms with Crippen LogP contribution >= 0.6 is 11.6 Å². The summed E-state index contributed by atoms with van der Waals surface area (Å²) in [5.41, 5.74) is 0.986. The van der Waals surface area contributed by atoms with Crippen molar-refractivity contribution in [3.05, 3.63) is 40.4 Å². The summed E-state index contributed by atoms with van der Waals surface area (Å²) < 4.78 is 0. The maximum absolute atomic E-state index is 12.0. The topological polar surface area (TPSA) is 37.4 Å². The highest BCUT2D eigenvalue weighted by Crippen LogP contribution is 2.15. The molecule has 4 heteroatoms. The van der Waals surface area contributed by atoms with E-state index in [1.807, 2.05) is 25.1 Å². The van der Waals surface area contributed by atoms with Gasteiger partial charge in [-0.2, -0.15) is 0 Å². The third-order valence-corrected chi connectivity index (χ3v) is 2.86. The Morgan fingerprint density at radius 2 is 2.00 bits per heavy atom. The molecule has 3 nitrogen and oxygen atoms in total. The molecule has 0 spiro atoms. The van der Waals surface area contributed by atoms with Crippen LogP contribution in [-0.4, -0.2) is 37.1 Å². The molecule has 102 valence electrons. The Morgan fingerprint density at radius 3 is 2.53 bits per heavy atom. The van der Waals surface area contributed by atoms with Crippen molar-refractivity contribution in [3.8, 4) is 0 Å². The zero-order valence-corrected chi connectivity index (χ0v) is 12.2. The van der Waals surface area contributed by atoms with Gasteiger partial charge in [0.15, 0.2) is 11.6 Å². The summed E-state index contributed by atoms with van der Waals surface area (Å²) in [5, 5.41) is 0.581. The predicted molar refractivity (Wildman–Crippen MR) is 78.3 cm³/mol. The fourth-order valence-electron chi connectivity index (χ4n) is 1.60. The van der Waals surface area contributed by atoms with Crippen molar-refractivity contribution < 1.29 is 9.59 Å². The van der Waals surface area contributed by atoms with E-state index in [-0.39, 0.29) is 17.1 Å². The Kier molecular flexibility index (Phi) is 5.93. The van der Waals surface area contributed by atoms with Crippen LogP contribution in [0.15, 0.2) is 29.8 Å². The standard InChI is InChI=1S/C15H18ClNO2/c1-11(18)14(15(19)7-8-17(2)3)10-12-5-4-6-13(16)9-12/h4-6,9-10H,7-8H2,1-3H3/b14-10+. The van der Waals surface area contributed by atoms with Crippen LogP contribution in [0.4, 0.5) is 0 Å². The van der Waals surface area contributed by atoms with Crippen molar-refractivity contribution in [1.82, 2.24) is 4.90 Å². The molecule has 0 heterocycles. The Hall–Kier alpha value is -1.45. The molecule has 0 unspecified atom stereocenters. The van der Waals surface area contributed by atoms with Gasteiger partial charge in [0.1, 0.15) is 0 Å². The van der Waals surface area contributed by atoms with Crippen LogP contribution in [0, 0.1) is 0 Å². The minimum Gasteiger partial charge on any atom is -0.309 e. The van der Waals surface area contributed by atoms with Crippen molar-refractivity contribution in [2.75, 3.05) is 20.6 Å². The van der Waals surface area contributed by atoms with E-state index in [0.717, 1.165) is 5.56 Å². The normalized spacial score (nSPS) is 11.7. The van der Waals surface area contributed by atoms with Gasteiger partial charge in [0.05, 0.1) is 5.57 Å². The summed E-state index contributed by atoms with van der Waals surface area (Å²) in [6, 6.07) is 7.08. The van der Waals surface area contributed by atoms with Gasteiger partial charge in [-0.3, -0.25) is 9.59 Å². The molecule has 0 aliphatic rings. The van der Waals surface area contributed by atoms with Crippen molar-refractivity contribution in [1.29, 1.82) is 0 Å². The van der Waals surface area contributed by atoms with Crippen LogP contribution in [0.1, 0.15) is 18.9 Å². The maximum atomic E-state index is 12.0. The number of allylic oxidation sites excluding steroid dienone is 1.